The van der Waals surface area contributed by atoms with Crippen molar-refractivity contribution in [2.75, 3.05) is 6.61 Å². The van der Waals surface area contributed by atoms with Crippen LogP contribution in [0.5, 0.6) is 0 Å². The summed E-state index contributed by atoms with van der Waals surface area (Å²) >= 11 is 0. The second-order valence-corrected chi connectivity index (χ2v) is 3.31. The van der Waals surface area contributed by atoms with Crippen LogP contribution in [0.3, 0.4) is 0 Å². The van der Waals surface area contributed by atoms with Crippen molar-refractivity contribution in [2.24, 2.45) is 0 Å². The topological polar surface area (TPSA) is 38.0 Å². The van der Waals surface area contributed by atoms with Crippen LogP contribution in [0.2, 0.25) is 0 Å². The van der Waals surface area contributed by atoms with E-state index in [0.717, 1.165) is 12.1 Å². The zero-order valence-electron chi connectivity index (χ0n) is 7.38. The highest BCUT2D eigenvalue weighted by molar-refractivity contribution is 5.29. The molecule has 0 amide bonds. The number of aryl methyl sites for hydroxylation is 1. The van der Waals surface area contributed by atoms with Crippen LogP contribution in [-0.2, 0) is 19.4 Å². The highest BCUT2D eigenvalue weighted by Gasteiger charge is 2.19. The summed E-state index contributed by atoms with van der Waals surface area (Å²) in [5, 5.41) is 13.2. The van der Waals surface area contributed by atoms with Crippen molar-refractivity contribution in [1.29, 1.82) is 0 Å². The highest BCUT2D eigenvalue weighted by Crippen LogP contribution is 2.24. The molecule has 2 rings (SSSR count). The molecule has 1 aliphatic carbocycles. The molecule has 0 fully saturated rings. The van der Waals surface area contributed by atoms with Gasteiger partial charge in [-0.3, -0.25) is 4.68 Å². The SMILES string of the molecule is Cc1nn(CCO)c2c1CCC2. The molecule has 0 radical (unpaired) electrons. The normalized spacial score (nSPS) is 15.2. The molecule has 1 heterocycles. The third-order valence-electron chi connectivity index (χ3n) is 2.52. The van der Waals surface area contributed by atoms with Crippen LogP contribution in [-0.4, -0.2) is 21.5 Å². The Bertz CT molecular complexity index is 291. The van der Waals surface area contributed by atoms with Gasteiger partial charge in [-0.2, -0.15) is 5.10 Å². The molecule has 0 aromatic carbocycles. The Hall–Kier alpha value is -0.830. The fourth-order valence-corrected chi connectivity index (χ4v) is 1.98. The van der Waals surface area contributed by atoms with E-state index in [2.05, 4.69) is 12.0 Å². The van der Waals surface area contributed by atoms with E-state index in [-0.39, 0.29) is 6.61 Å². The largest absolute Gasteiger partial charge is 0.394 e. The van der Waals surface area contributed by atoms with Crippen LogP contribution in [0.1, 0.15) is 23.4 Å². The first-order valence-electron chi connectivity index (χ1n) is 4.49. The van der Waals surface area contributed by atoms with E-state index in [9.17, 15) is 0 Å². The lowest BCUT2D eigenvalue weighted by molar-refractivity contribution is 0.267. The number of aliphatic hydroxyl groups is 1. The van der Waals surface area contributed by atoms with Crippen LogP contribution >= 0.6 is 0 Å². The Morgan fingerprint density at radius 3 is 3.08 bits per heavy atom. The van der Waals surface area contributed by atoms with Crippen LogP contribution in [0.4, 0.5) is 0 Å². The molecule has 0 aliphatic heterocycles. The molecule has 66 valence electrons. The summed E-state index contributed by atoms with van der Waals surface area (Å²) in [6, 6.07) is 0. The Morgan fingerprint density at radius 1 is 1.50 bits per heavy atom. The van der Waals surface area contributed by atoms with Crippen molar-refractivity contribution in [1.82, 2.24) is 9.78 Å². The maximum atomic E-state index is 8.80. The van der Waals surface area contributed by atoms with Crippen LogP contribution in [0.15, 0.2) is 0 Å². The minimum Gasteiger partial charge on any atom is -0.394 e. The third-order valence-corrected chi connectivity index (χ3v) is 2.52. The van der Waals surface area contributed by atoms with E-state index in [1.165, 1.54) is 24.1 Å². The van der Waals surface area contributed by atoms with E-state index < -0.39 is 0 Å². The van der Waals surface area contributed by atoms with Gasteiger partial charge in [0.05, 0.1) is 18.8 Å². The Kier molecular flexibility index (Phi) is 1.89. The highest BCUT2D eigenvalue weighted by atomic mass is 16.3. The lowest BCUT2D eigenvalue weighted by Gasteiger charge is -2.01. The van der Waals surface area contributed by atoms with Gasteiger partial charge in [0.15, 0.2) is 0 Å². The zero-order valence-corrected chi connectivity index (χ0v) is 7.38. The molecule has 1 N–H and O–H groups in total. The number of fused-ring (bicyclic) bond motifs is 1. The number of aliphatic hydroxyl groups excluding tert-OH is 1. The van der Waals surface area contributed by atoms with Crippen molar-refractivity contribution >= 4 is 0 Å². The summed E-state index contributed by atoms with van der Waals surface area (Å²) in [5.74, 6) is 0. The molecular formula is C9H14N2O. The van der Waals surface area contributed by atoms with Gasteiger partial charge in [-0.15, -0.1) is 0 Å². The molecule has 12 heavy (non-hydrogen) atoms. The molecular weight excluding hydrogens is 152 g/mol. The molecule has 0 saturated heterocycles. The summed E-state index contributed by atoms with van der Waals surface area (Å²) in [6.45, 7) is 2.89. The van der Waals surface area contributed by atoms with Crippen molar-refractivity contribution in [3.8, 4) is 0 Å². The van der Waals surface area contributed by atoms with Crippen molar-refractivity contribution in [3.63, 3.8) is 0 Å². The van der Waals surface area contributed by atoms with Gasteiger partial charge in [0, 0.05) is 5.69 Å². The van der Waals surface area contributed by atoms with Gasteiger partial charge in [0.25, 0.3) is 0 Å². The van der Waals surface area contributed by atoms with Gasteiger partial charge >= 0.3 is 0 Å². The predicted octanol–water partition coefficient (Wildman–Crippen LogP) is 0.673. The Labute approximate surface area is 72.0 Å². The zero-order chi connectivity index (χ0) is 8.55. The standard InChI is InChI=1S/C9H14N2O/c1-7-8-3-2-4-9(8)11(10-7)5-6-12/h12H,2-6H2,1H3. The maximum Gasteiger partial charge on any atom is 0.0644 e. The summed E-state index contributed by atoms with van der Waals surface area (Å²) in [6.07, 6.45) is 3.56. The fourth-order valence-electron chi connectivity index (χ4n) is 1.98. The van der Waals surface area contributed by atoms with Gasteiger partial charge in [-0.1, -0.05) is 0 Å². The molecule has 3 nitrogen and oxygen atoms in total. The molecule has 1 aliphatic rings. The summed E-state index contributed by atoms with van der Waals surface area (Å²) < 4.78 is 1.96. The van der Waals surface area contributed by atoms with Gasteiger partial charge in [-0.25, -0.2) is 0 Å². The lowest BCUT2D eigenvalue weighted by Crippen LogP contribution is -2.07. The predicted molar refractivity (Wildman–Crippen MR) is 46.1 cm³/mol. The van der Waals surface area contributed by atoms with Crippen molar-refractivity contribution in [2.45, 2.75) is 32.7 Å². The lowest BCUT2D eigenvalue weighted by atomic mass is 10.2. The number of hydrogen-bond donors (Lipinski definition) is 1. The van der Waals surface area contributed by atoms with Gasteiger partial charge in [0.2, 0.25) is 0 Å². The van der Waals surface area contributed by atoms with E-state index in [1.54, 1.807) is 0 Å². The van der Waals surface area contributed by atoms with Crippen molar-refractivity contribution < 1.29 is 5.11 Å². The first kappa shape index (κ1) is 7.80. The average molecular weight is 166 g/mol. The van der Waals surface area contributed by atoms with Gasteiger partial charge in [-0.05, 0) is 31.7 Å². The minimum atomic E-state index is 0.188. The molecule has 1 aromatic heterocycles. The molecule has 0 atom stereocenters. The molecule has 3 heteroatoms. The molecule has 0 spiro atoms. The van der Waals surface area contributed by atoms with Crippen LogP contribution in [0.25, 0.3) is 0 Å². The minimum absolute atomic E-state index is 0.188. The second kappa shape index (κ2) is 2.90. The number of aromatic nitrogens is 2. The molecule has 0 saturated carbocycles. The van der Waals surface area contributed by atoms with E-state index in [0.29, 0.717) is 6.54 Å². The third kappa shape index (κ3) is 1.05. The molecule has 0 bridgehead atoms. The summed E-state index contributed by atoms with van der Waals surface area (Å²) in [4.78, 5) is 0. The van der Waals surface area contributed by atoms with Gasteiger partial charge in [0.1, 0.15) is 0 Å². The number of nitrogens with zero attached hydrogens (tertiary/aromatic N) is 2. The Balaban J connectivity index is 2.37. The summed E-state index contributed by atoms with van der Waals surface area (Å²) in [7, 11) is 0. The Morgan fingerprint density at radius 2 is 2.33 bits per heavy atom. The van der Waals surface area contributed by atoms with E-state index in [1.807, 2.05) is 4.68 Å². The number of hydrogen-bond acceptors (Lipinski definition) is 2. The molecule has 0 unspecified atom stereocenters. The van der Waals surface area contributed by atoms with Gasteiger partial charge < -0.3 is 5.11 Å². The number of rotatable bonds is 2. The maximum absolute atomic E-state index is 8.80. The quantitative estimate of drug-likeness (QED) is 0.701. The first-order valence-corrected chi connectivity index (χ1v) is 4.49. The summed E-state index contributed by atoms with van der Waals surface area (Å²) in [5.41, 5.74) is 3.92. The first-order chi connectivity index (χ1) is 5.83. The van der Waals surface area contributed by atoms with Crippen LogP contribution in [0, 0.1) is 6.92 Å². The molecule has 1 aromatic rings. The average Bonchev–Trinajstić information content (AvgIpc) is 2.58. The van der Waals surface area contributed by atoms with Crippen LogP contribution < -0.4 is 0 Å². The smallest absolute Gasteiger partial charge is 0.0644 e. The van der Waals surface area contributed by atoms with E-state index >= 15 is 0 Å². The van der Waals surface area contributed by atoms with Crippen molar-refractivity contribution in [3.05, 3.63) is 17.0 Å². The van der Waals surface area contributed by atoms with E-state index in [4.69, 9.17) is 5.11 Å². The second-order valence-electron chi connectivity index (χ2n) is 3.31. The fraction of sp³-hybridized carbons (Fsp3) is 0.667. The monoisotopic (exact) mass is 166 g/mol.